The summed E-state index contributed by atoms with van der Waals surface area (Å²) < 4.78 is 41.5. The maximum atomic E-state index is 14.8. The number of carbonyl (C=O) groups excluding carboxylic acids is 1. The Bertz CT molecular complexity index is 990. The van der Waals surface area contributed by atoms with E-state index in [2.05, 4.69) is 15.4 Å². The monoisotopic (exact) mass is 391 g/mol. The molecular formula is C19H22FN3O3S. The molecule has 1 aliphatic heterocycles. The van der Waals surface area contributed by atoms with Crippen LogP contribution in [0.4, 0.5) is 10.1 Å². The number of aryl methyl sites for hydroxylation is 1. The van der Waals surface area contributed by atoms with Crippen molar-refractivity contribution in [2.45, 2.75) is 31.7 Å². The summed E-state index contributed by atoms with van der Waals surface area (Å²) in [5.41, 5.74) is 2.37. The van der Waals surface area contributed by atoms with E-state index in [9.17, 15) is 17.6 Å². The van der Waals surface area contributed by atoms with Crippen molar-refractivity contribution >= 4 is 21.6 Å². The first kappa shape index (κ1) is 19.5. The first-order valence-electron chi connectivity index (χ1n) is 8.76. The van der Waals surface area contributed by atoms with Gasteiger partial charge in [-0.1, -0.05) is 19.1 Å². The lowest BCUT2D eigenvalue weighted by Gasteiger charge is -2.19. The van der Waals surface area contributed by atoms with Crippen LogP contribution in [0.15, 0.2) is 35.2 Å². The van der Waals surface area contributed by atoms with Crippen molar-refractivity contribution in [1.29, 1.82) is 0 Å². The molecule has 0 aromatic heterocycles. The van der Waals surface area contributed by atoms with Crippen LogP contribution in [-0.4, -0.2) is 27.4 Å². The molecule has 1 aliphatic rings. The average molecular weight is 391 g/mol. The van der Waals surface area contributed by atoms with Gasteiger partial charge >= 0.3 is 0 Å². The summed E-state index contributed by atoms with van der Waals surface area (Å²) in [6, 6.07) is 7.64. The molecule has 0 bridgehead atoms. The van der Waals surface area contributed by atoms with Crippen LogP contribution < -0.4 is 15.4 Å². The van der Waals surface area contributed by atoms with Crippen molar-refractivity contribution in [3.63, 3.8) is 0 Å². The molecular weight excluding hydrogens is 369 g/mol. The van der Waals surface area contributed by atoms with E-state index in [1.54, 1.807) is 26.0 Å². The number of carbonyl (C=O) groups is 1. The lowest BCUT2D eigenvalue weighted by molar-refractivity contribution is 0.102. The van der Waals surface area contributed by atoms with Crippen molar-refractivity contribution in [2.24, 2.45) is 0 Å². The van der Waals surface area contributed by atoms with E-state index in [1.807, 2.05) is 0 Å². The first-order chi connectivity index (χ1) is 12.8. The molecule has 0 spiro atoms. The minimum Gasteiger partial charge on any atom is -0.319 e. The number of anilines is 1. The molecule has 1 amide bonds. The van der Waals surface area contributed by atoms with E-state index in [0.29, 0.717) is 30.6 Å². The van der Waals surface area contributed by atoms with Gasteiger partial charge in [0.25, 0.3) is 5.91 Å². The summed E-state index contributed by atoms with van der Waals surface area (Å²) in [5.74, 6) is -0.981. The van der Waals surface area contributed by atoms with Crippen molar-refractivity contribution < 1.29 is 17.6 Å². The van der Waals surface area contributed by atoms with Gasteiger partial charge in [0.05, 0.1) is 10.6 Å². The van der Waals surface area contributed by atoms with Crippen molar-refractivity contribution in [1.82, 2.24) is 10.0 Å². The number of fused-ring (bicyclic) bond motifs is 1. The Balaban J connectivity index is 1.91. The van der Waals surface area contributed by atoms with Gasteiger partial charge in [0.2, 0.25) is 10.0 Å². The smallest absolute Gasteiger partial charge is 0.256 e. The normalized spacial score (nSPS) is 13.9. The standard InChI is InChI=1S/C19H22FN3O3S/c1-3-22-27(25,26)14-6-4-12(2)16(10-14)19(24)23-17-7-5-13-11-21-9-8-15(13)18(17)20/h4-7,10,21-22H,3,8-9,11H2,1-2H3,(H,23,24). The molecule has 0 unspecified atom stereocenters. The van der Waals surface area contributed by atoms with Crippen molar-refractivity contribution in [2.75, 3.05) is 18.4 Å². The molecule has 1 heterocycles. The lowest BCUT2D eigenvalue weighted by Crippen LogP contribution is -2.25. The zero-order chi connectivity index (χ0) is 19.6. The second-order valence-electron chi connectivity index (χ2n) is 6.42. The van der Waals surface area contributed by atoms with E-state index in [1.165, 1.54) is 18.2 Å². The fourth-order valence-electron chi connectivity index (χ4n) is 3.11. The third kappa shape index (κ3) is 4.02. The number of halogens is 1. The van der Waals surface area contributed by atoms with E-state index in [-0.39, 0.29) is 22.7 Å². The first-order valence-corrected chi connectivity index (χ1v) is 10.2. The fourth-order valence-corrected chi connectivity index (χ4v) is 4.17. The third-order valence-electron chi connectivity index (χ3n) is 4.55. The van der Waals surface area contributed by atoms with Gasteiger partial charge < -0.3 is 10.6 Å². The Morgan fingerprint density at radius 2 is 2.04 bits per heavy atom. The van der Waals surface area contributed by atoms with Crippen LogP contribution in [0.25, 0.3) is 0 Å². The van der Waals surface area contributed by atoms with Crippen molar-refractivity contribution in [3.05, 3.63) is 58.4 Å². The molecule has 0 radical (unpaired) electrons. The van der Waals surface area contributed by atoms with Gasteiger partial charge in [-0.15, -0.1) is 0 Å². The molecule has 3 rings (SSSR count). The average Bonchev–Trinajstić information content (AvgIpc) is 2.64. The van der Waals surface area contributed by atoms with Crippen molar-refractivity contribution in [3.8, 4) is 0 Å². The zero-order valence-electron chi connectivity index (χ0n) is 15.2. The molecule has 0 saturated heterocycles. The quantitative estimate of drug-likeness (QED) is 0.730. The highest BCUT2D eigenvalue weighted by atomic mass is 32.2. The van der Waals surface area contributed by atoms with Gasteiger partial charge in [-0.05, 0) is 54.8 Å². The molecule has 3 N–H and O–H groups in total. The van der Waals surface area contributed by atoms with Crippen LogP contribution in [0.5, 0.6) is 0 Å². The Hall–Kier alpha value is -2.29. The summed E-state index contributed by atoms with van der Waals surface area (Å²) in [6.45, 7) is 4.91. The predicted molar refractivity (Wildman–Crippen MR) is 102 cm³/mol. The van der Waals surface area contributed by atoms with E-state index < -0.39 is 21.7 Å². The van der Waals surface area contributed by atoms with E-state index >= 15 is 0 Å². The van der Waals surface area contributed by atoms with E-state index in [0.717, 1.165) is 5.56 Å². The maximum absolute atomic E-state index is 14.8. The summed E-state index contributed by atoms with van der Waals surface area (Å²) in [5, 5.41) is 5.75. The SMILES string of the molecule is CCNS(=O)(=O)c1ccc(C)c(C(=O)Nc2ccc3c(c2F)CCNC3)c1. The van der Waals surface area contributed by atoms with Crippen LogP contribution in [-0.2, 0) is 23.0 Å². The topological polar surface area (TPSA) is 87.3 Å². The number of nitrogens with one attached hydrogen (secondary N) is 3. The molecule has 2 aromatic rings. The second-order valence-corrected chi connectivity index (χ2v) is 8.19. The molecule has 2 aromatic carbocycles. The molecule has 6 nitrogen and oxygen atoms in total. The number of hydrogen-bond donors (Lipinski definition) is 3. The zero-order valence-corrected chi connectivity index (χ0v) is 16.0. The molecule has 0 atom stereocenters. The highest BCUT2D eigenvalue weighted by Gasteiger charge is 2.20. The highest BCUT2D eigenvalue weighted by molar-refractivity contribution is 7.89. The van der Waals surface area contributed by atoms with Crippen LogP contribution in [0.2, 0.25) is 0 Å². The van der Waals surface area contributed by atoms with Gasteiger partial charge in [-0.25, -0.2) is 17.5 Å². The molecule has 144 valence electrons. The van der Waals surface area contributed by atoms with Gasteiger partial charge in [0.1, 0.15) is 5.82 Å². The third-order valence-corrected chi connectivity index (χ3v) is 6.10. The number of rotatable bonds is 5. The number of sulfonamides is 1. The molecule has 0 fully saturated rings. The summed E-state index contributed by atoms with van der Waals surface area (Å²) >= 11 is 0. The van der Waals surface area contributed by atoms with Gasteiger partial charge in [-0.2, -0.15) is 0 Å². The van der Waals surface area contributed by atoms with Crippen LogP contribution in [0.3, 0.4) is 0 Å². The molecule has 0 aliphatic carbocycles. The highest BCUT2D eigenvalue weighted by Crippen LogP contribution is 2.25. The largest absolute Gasteiger partial charge is 0.319 e. The van der Waals surface area contributed by atoms with Crippen LogP contribution in [0.1, 0.15) is 34.0 Å². The number of benzene rings is 2. The summed E-state index contributed by atoms with van der Waals surface area (Å²) in [7, 11) is -3.69. The fraction of sp³-hybridized carbons (Fsp3) is 0.316. The lowest BCUT2D eigenvalue weighted by atomic mass is 9.99. The molecule has 27 heavy (non-hydrogen) atoms. The molecule has 0 saturated carbocycles. The summed E-state index contributed by atoms with van der Waals surface area (Å²) in [4.78, 5) is 12.7. The van der Waals surface area contributed by atoms with E-state index in [4.69, 9.17) is 0 Å². The van der Waals surface area contributed by atoms with Gasteiger partial charge in [-0.3, -0.25) is 4.79 Å². The van der Waals surface area contributed by atoms with Crippen LogP contribution in [0, 0.1) is 12.7 Å². The minimum atomic E-state index is -3.69. The Morgan fingerprint density at radius 1 is 1.26 bits per heavy atom. The number of hydrogen-bond acceptors (Lipinski definition) is 4. The number of amides is 1. The van der Waals surface area contributed by atoms with Crippen LogP contribution >= 0.6 is 0 Å². The maximum Gasteiger partial charge on any atom is 0.256 e. The Labute approximate surface area is 158 Å². The second kappa shape index (κ2) is 7.75. The Kier molecular flexibility index (Phi) is 5.59. The van der Waals surface area contributed by atoms with Gasteiger partial charge in [0.15, 0.2) is 0 Å². The summed E-state index contributed by atoms with van der Waals surface area (Å²) in [6.07, 6.45) is 0.556. The van der Waals surface area contributed by atoms with Gasteiger partial charge in [0, 0.05) is 18.7 Å². The molecule has 8 heteroatoms. The predicted octanol–water partition coefficient (Wildman–Crippen LogP) is 2.33. The Morgan fingerprint density at radius 3 is 2.78 bits per heavy atom. The minimum absolute atomic E-state index is 0.00270.